The lowest BCUT2D eigenvalue weighted by Gasteiger charge is -2.09. The van der Waals surface area contributed by atoms with Gasteiger partial charge < -0.3 is 14.3 Å². The van der Waals surface area contributed by atoms with Crippen LogP contribution in [0.1, 0.15) is 16.7 Å². The summed E-state index contributed by atoms with van der Waals surface area (Å²) in [4.78, 5) is 29.2. The predicted octanol–water partition coefficient (Wildman–Crippen LogP) is 3.09. The first-order chi connectivity index (χ1) is 14.9. The Hall–Kier alpha value is -4.14. The molecule has 31 heavy (non-hydrogen) atoms. The zero-order chi connectivity index (χ0) is 22.1. The van der Waals surface area contributed by atoms with E-state index in [4.69, 9.17) is 9.15 Å². The van der Waals surface area contributed by atoms with Crippen LogP contribution in [0.3, 0.4) is 0 Å². The molecule has 2 heterocycles. The maximum atomic E-state index is 12.5. The van der Waals surface area contributed by atoms with Crippen molar-refractivity contribution in [3.63, 3.8) is 0 Å². The molecule has 0 atom stereocenters. The van der Waals surface area contributed by atoms with Gasteiger partial charge in [-0.25, -0.2) is 4.79 Å². The normalized spacial score (nSPS) is 10.9. The predicted molar refractivity (Wildman–Crippen MR) is 114 cm³/mol. The summed E-state index contributed by atoms with van der Waals surface area (Å²) in [6, 6.07) is 10.4. The van der Waals surface area contributed by atoms with Crippen LogP contribution in [0.15, 0.2) is 45.6 Å². The lowest BCUT2D eigenvalue weighted by atomic mass is 10.0. The van der Waals surface area contributed by atoms with Crippen molar-refractivity contribution < 1.29 is 19.1 Å². The van der Waals surface area contributed by atoms with Gasteiger partial charge in [0.25, 0.3) is 0 Å². The van der Waals surface area contributed by atoms with Gasteiger partial charge in [-0.2, -0.15) is 4.98 Å². The first-order valence-corrected chi connectivity index (χ1v) is 9.48. The van der Waals surface area contributed by atoms with E-state index in [9.17, 15) is 14.7 Å². The maximum Gasteiger partial charge on any atom is 0.340 e. The lowest BCUT2D eigenvalue weighted by Crippen LogP contribution is -2.21. The number of amides is 1. The molecule has 0 saturated carbocycles. The first-order valence-electron chi connectivity index (χ1n) is 9.48. The number of hydrogen-bond donors (Lipinski definition) is 3. The van der Waals surface area contributed by atoms with E-state index in [1.165, 1.54) is 0 Å². The molecule has 2 aromatic carbocycles. The summed E-state index contributed by atoms with van der Waals surface area (Å²) >= 11 is 0. The zero-order valence-corrected chi connectivity index (χ0v) is 17.1. The second kappa shape index (κ2) is 7.94. The lowest BCUT2D eigenvalue weighted by molar-refractivity contribution is -0.115. The molecule has 4 rings (SSSR count). The summed E-state index contributed by atoms with van der Waals surface area (Å²) in [6.07, 6.45) is -0.246. The number of ether oxygens (including phenoxy) is 1. The van der Waals surface area contributed by atoms with Gasteiger partial charge in [-0.3, -0.25) is 15.2 Å². The molecule has 3 N–H and O–H groups in total. The quantitative estimate of drug-likeness (QED) is 0.423. The number of aromatic amines is 1. The number of carbonyl (C=O) groups excluding carboxylic acids is 1. The van der Waals surface area contributed by atoms with E-state index >= 15 is 0 Å². The van der Waals surface area contributed by atoms with Gasteiger partial charge in [-0.15, -0.1) is 5.10 Å². The highest BCUT2D eigenvalue weighted by molar-refractivity contribution is 5.93. The number of phenolic OH excluding ortho intramolecular Hbond substituents is 1. The summed E-state index contributed by atoms with van der Waals surface area (Å²) < 4.78 is 10.5. The summed E-state index contributed by atoms with van der Waals surface area (Å²) in [5, 5.41) is 20.0. The number of aryl methyl sites for hydroxylation is 2. The highest BCUT2D eigenvalue weighted by Crippen LogP contribution is 2.30. The Morgan fingerprint density at radius 1 is 1.23 bits per heavy atom. The Kier molecular flexibility index (Phi) is 5.16. The second-order valence-electron chi connectivity index (χ2n) is 7.11. The standard InChI is InChI=1S/C22H20N4O5/c1-11-8-16(27)19-12(2)15(21(29)31-17(19)9-11)10-18(28)23-22-24-20(25-26-22)13-4-6-14(30-3)7-5-13/h4-9,27H,10H2,1-3H3,(H2,23,24,25,26,28). The number of aromatic nitrogens is 3. The molecule has 4 aromatic rings. The van der Waals surface area contributed by atoms with Crippen LogP contribution in [0, 0.1) is 13.8 Å². The van der Waals surface area contributed by atoms with Crippen molar-refractivity contribution >= 4 is 22.8 Å². The number of anilines is 1. The van der Waals surface area contributed by atoms with Crippen LogP contribution in [-0.4, -0.2) is 33.3 Å². The molecule has 2 aromatic heterocycles. The number of carbonyl (C=O) groups is 1. The van der Waals surface area contributed by atoms with Gasteiger partial charge in [-0.05, 0) is 61.4 Å². The third-order valence-electron chi connectivity index (χ3n) is 4.94. The van der Waals surface area contributed by atoms with Crippen LogP contribution >= 0.6 is 0 Å². The van der Waals surface area contributed by atoms with Crippen LogP contribution < -0.4 is 15.7 Å². The molecule has 0 unspecified atom stereocenters. The van der Waals surface area contributed by atoms with E-state index in [1.807, 2.05) is 12.1 Å². The average molecular weight is 420 g/mol. The number of nitrogens with zero attached hydrogens (tertiary/aromatic N) is 2. The SMILES string of the molecule is COc1ccc(-c2nc(NC(=O)Cc3c(C)c4c(O)cc(C)cc4oc3=O)n[nH]2)cc1. The van der Waals surface area contributed by atoms with Crippen molar-refractivity contribution in [2.45, 2.75) is 20.3 Å². The number of hydrogen-bond acceptors (Lipinski definition) is 7. The number of fused-ring (bicyclic) bond motifs is 1. The molecule has 158 valence electrons. The Morgan fingerprint density at radius 3 is 2.68 bits per heavy atom. The third kappa shape index (κ3) is 3.97. The van der Waals surface area contributed by atoms with E-state index < -0.39 is 11.5 Å². The van der Waals surface area contributed by atoms with E-state index in [-0.39, 0.29) is 29.3 Å². The Labute approximate surface area is 176 Å². The van der Waals surface area contributed by atoms with Crippen LogP contribution in [0.4, 0.5) is 5.95 Å². The van der Waals surface area contributed by atoms with Crippen molar-refractivity contribution in [3.05, 3.63) is 63.5 Å². The number of aromatic hydroxyl groups is 1. The molecular weight excluding hydrogens is 400 g/mol. The average Bonchev–Trinajstić information content (AvgIpc) is 3.18. The number of nitrogens with one attached hydrogen (secondary N) is 2. The minimum atomic E-state index is -0.626. The molecule has 0 fully saturated rings. The molecule has 0 spiro atoms. The van der Waals surface area contributed by atoms with Gasteiger partial charge >= 0.3 is 5.63 Å². The fraction of sp³-hybridized carbons (Fsp3) is 0.182. The van der Waals surface area contributed by atoms with Gasteiger partial charge in [0, 0.05) is 5.56 Å². The third-order valence-corrected chi connectivity index (χ3v) is 4.94. The zero-order valence-electron chi connectivity index (χ0n) is 17.1. The van der Waals surface area contributed by atoms with E-state index in [2.05, 4.69) is 20.5 Å². The summed E-state index contributed by atoms with van der Waals surface area (Å²) in [5.41, 5.74) is 1.84. The fourth-order valence-corrected chi connectivity index (χ4v) is 3.39. The second-order valence-corrected chi connectivity index (χ2v) is 7.11. The Bertz CT molecular complexity index is 1340. The van der Waals surface area contributed by atoms with Crippen LogP contribution in [0.2, 0.25) is 0 Å². The van der Waals surface area contributed by atoms with Gasteiger partial charge in [0.15, 0.2) is 5.82 Å². The Morgan fingerprint density at radius 2 is 1.97 bits per heavy atom. The van der Waals surface area contributed by atoms with Crippen molar-refractivity contribution in [1.29, 1.82) is 0 Å². The minimum Gasteiger partial charge on any atom is -0.507 e. The molecule has 0 aliphatic heterocycles. The number of rotatable bonds is 5. The highest BCUT2D eigenvalue weighted by atomic mass is 16.5. The molecule has 0 aliphatic rings. The molecule has 0 radical (unpaired) electrons. The summed E-state index contributed by atoms with van der Waals surface area (Å²) in [7, 11) is 1.58. The molecule has 0 saturated heterocycles. The highest BCUT2D eigenvalue weighted by Gasteiger charge is 2.18. The van der Waals surface area contributed by atoms with Crippen LogP contribution in [0.25, 0.3) is 22.4 Å². The molecular formula is C22H20N4O5. The number of methoxy groups -OCH3 is 1. The minimum absolute atomic E-state index is 0.00369. The molecule has 0 bridgehead atoms. The number of H-pyrrole nitrogens is 1. The monoisotopic (exact) mass is 420 g/mol. The smallest absolute Gasteiger partial charge is 0.340 e. The Balaban J connectivity index is 1.55. The van der Waals surface area contributed by atoms with E-state index in [0.717, 1.165) is 11.1 Å². The van der Waals surface area contributed by atoms with Crippen LogP contribution in [-0.2, 0) is 11.2 Å². The van der Waals surface area contributed by atoms with Gasteiger partial charge in [0.2, 0.25) is 11.9 Å². The maximum absolute atomic E-state index is 12.5. The van der Waals surface area contributed by atoms with E-state index in [0.29, 0.717) is 22.5 Å². The summed E-state index contributed by atoms with van der Waals surface area (Å²) in [6.45, 7) is 3.46. The van der Waals surface area contributed by atoms with Crippen molar-refractivity contribution in [2.24, 2.45) is 0 Å². The summed E-state index contributed by atoms with van der Waals surface area (Å²) in [5.74, 6) is 0.775. The van der Waals surface area contributed by atoms with Crippen molar-refractivity contribution in [1.82, 2.24) is 15.2 Å². The molecule has 1 amide bonds. The van der Waals surface area contributed by atoms with Gasteiger partial charge in [0.1, 0.15) is 17.1 Å². The van der Waals surface area contributed by atoms with Crippen LogP contribution in [0.5, 0.6) is 11.5 Å². The molecule has 9 heteroatoms. The van der Waals surface area contributed by atoms with Gasteiger partial charge in [-0.1, -0.05) is 0 Å². The van der Waals surface area contributed by atoms with Crippen molar-refractivity contribution in [2.75, 3.05) is 12.4 Å². The number of benzene rings is 2. The largest absolute Gasteiger partial charge is 0.507 e. The van der Waals surface area contributed by atoms with Crippen molar-refractivity contribution in [3.8, 4) is 22.9 Å². The first kappa shape index (κ1) is 20.1. The fourth-order valence-electron chi connectivity index (χ4n) is 3.39. The molecule has 0 aliphatic carbocycles. The van der Waals surface area contributed by atoms with Gasteiger partial charge in [0.05, 0.1) is 24.5 Å². The topological polar surface area (TPSA) is 130 Å². The molecule has 9 nitrogen and oxygen atoms in total. The van der Waals surface area contributed by atoms with E-state index in [1.54, 1.807) is 45.2 Å². The number of phenols is 1.